The second-order valence-corrected chi connectivity index (χ2v) is 2.22. The summed E-state index contributed by atoms with van der Waals surface area (Å²) in [6, 6.07) is 1.47. The fourth-order valence-corrected chi connectivity index (χ4v) is 0.0676. The van der Waals surface area contributed by atoms with Crippen LogP contribution in [0.4, 0.5) is 0 Å². The van der Waals surface area contributed by atoms with Gasteiger partial charge in [0.15, 0.2) is 0 Å². The molecule has 0 saturated heterocycles. The fourth-order valence-electron chi connectivity index (χ4n) is 0.0676. The van der Waals surface area contributed by atoms with E-state index in [9.17, 15) is 14.4 Å². The minimum absolute atomic E-state index is 0. The Hall–Kier alpha value is -2.14. The predicted octanol–water partition coefficient (Wildman–Crippen LogP) is 1.11. The van der Waals surface area contributed by atoms with Gasteiger partial charge in [0, 0.05) is 12.8 Å². The second kappa shape index (κ2) is 19.4. The van der Waals surface area contributed by atoms with E-state index in [0.29, 0.717) is 0 Å². The second-order valence-electron chi connectivity index (χ2n) is 2.22. The Morgan fingerprint density at radius 3 is 1.18 bits per heavy atom. The molecule has 0 aliphatic carbocycles. The van der Waals surface area contributed by atoms with Crippen LogP contribution in [0.15, 0.2) is 0 Å². The maximum atomic E-state index is 9.38. The van der Waals surface area contributed by atoms with Gasteiger partial charge in [0.1, 0.15) is 6.42 Å². The number of aliphatic carboxylic acids is 3. The Labute approximate surface area is 99.1 Å². The van der Waals surface area contributed by atoms with Gasteiger partial charge in [-0.15, -0.1) is 0 Å². The summed E-state index contributed by atoms with van der Waals surface area (Å²) in [5, 5.41) is 30.7. The third kappa shape index (κ3) is 82.5. The first kappa shape index (κ1) is 24.2. The lowest BCUT2D eigenvalue weighted by molar-refractivity contribution is -0.137. The molecule has 0 saturated carbocycles. The van der Waals surface area contributed by atoms with E-state index in [0.717, 1.165) is 0 Å². The van der Waals surface area contributed by atoms with Crippen molar-refractivity contribution in [3.8, 4) is 6.07 Å². The number of carbonyl (C=O) groups is 3. The average Bonchev–Trinajstić information content (AvgIpc) is 2.19. The molecule has 0 radical (unpaired) electrons. The van der Waals surface area contributed by atoms with E-state index < -0.39 is 24.3 Å². The summed E-state index contributed by atoms with van der Waals surface area (Å²) >= 11 is 0. The number of carboxylic acid groups (broad SMARTS) is 3. The number of hydrogen-bond donors (Lipinski definition) is 4. The van der Waals surface area contributed by atoms with Crippen LogP contribution in [0.1, 0.15) is 33.1 Å². The van der Waals surface area contributed by atoms with Crippen molar-refractivity contribution in [3.63, 3.8) is 0 Å². The minimum atomic E-state index is -1.07. The van der Waals surface area contributed by atoms with E-state index in [1.54, 1.807) is 13.8 Å². The first-order chi connectivity index (χ1) is 7.31. The summed E-state index contributed by atoms with van der Waals surface area (Å²) in [6.45, 7) is 3.20. The van der Waals surface area contributed by atoms with Crippen molar-refractivity contribution < 1.29 is 29.7 Å². The van der Waals surface area contributed by atoms with Crippen molar-refractivity contribution in [2.75, 3.05) is 0 Å². The molecule has 8 nitrogen and oxygen atoms in total. The van der Waals surface area contributed by atoms with Gasteiger partial charge in [-0.2, -0.15) is 5.26 Å². The van der Waals surface area contributed by atoms with Crippen LogP contribution in [0.25, 0.3) is 0 Å². The highest BCUT2D eigenvalue weighted by Crippen LogP contribution is 1.68. The Morgan fingerprint density at radius 2 is 1.18 bits per heavy atom. The molecule has 100 valence electrons. The van der Waals surface area contributed by atoms with Crippen molar-refractivity contribution in [3.05, 3.63) is 0 Å². The third-order valence-corrected chi connectivity index (χ3v) is 0.835. The van der Waals surface area contributed by atoms with E-state index >= 15 is 0 Å². The molecule has 0 aliphatic heterocycles. The molecular formula is C9H18N2O6. The van der Waals surface area contributed by atoms with Crippen LogP contribution in [0.2, 0.25) is 0 Å². The van der Waals surface area contributed by atoms with Crippen LogP contribution in [0, 0.1) is 11.3 Å². The van der Waals surface area contributed by atoms with Gasteiger partial charge in [-0.05, 0) is 0 Å². The van der Waals surface area contributed by atoms with Crippen LogP contribution in [-0.2, 0) is 14.4 Å². The summed E-state index contributed by atoms with van der Waals surface area (Å²) in [5.74, 6) is -2.56. The van der Waals surface area contributed by atoms with Gasteiger partial charge in [0.25, 0.3) is 0 Å². The number of carboxylic acids is 3. The summed E-state index contributed by atoms with van der Waals surface area (Å²) in [4.78, 5) is 28.1. The number of rotatable bonds is 3. The van der Waals surface area contributed by atoms with Crippen molar-refractivity contribution in [1.82, 2.24) is 6.15 Å². The largest absolute Gasteiger partial charge is 0.481 e. The Kier molecular flexibility index (Phi) is 27.7. The lowest BCUT2D eigenvalue weighted by Gasteiger charge is -1.71. The number of hydrogen-bond acceptors (Lipinski definition) is 5. The van der Waals surface area contributed by atoms with Crippen molar-refractivity contribution in [1.29, 1.82) is 5.26 Å². The van der Waals surface area contributed by atoms with E-state index in [2.05, 4.69) is 0 Å². The van der Waals surface area contributed by atoms with Gasteiger partial charge in [0.2, 0.25) is 0 Å². The zero-order valence-electron chi connectivity index (χ0n) is 9.84. The summed E-state index contributed by atoms with van der Waals surface area (Å²) in [5.41, 5.74) is 0. The van der Waals surface area contributed by atoms with Crippen LogP contribution >= 0.6 is 0 Å². The molecule has 0 amide bonds. The molecule has 8 heteroatoms. The smallest absolute Gasteiger partial charge is 0.317 e. The molecule has 0 fully saturated rings. The van der Waals surface area contributed by atoms with Gasteiger partial charge in [-0.3, -0.25) is 14.4 Å². The van der Waals surface area contributed by atoms with Gasteiger partial charge in [-0.25, -0.2) is 0 Å². The quantitative estimate of drug-likeness (QED) is 0.576. The molecule has 0 atom stereocenters. The van der Waals surface area contributed by atoms with E-state index in [-0.39, 0.29) is 19.0 Å². The fraction of sp³-hybridized carbons (Fsp3) is 0.556. The topological polar surface area (TPSA) is 171 Å². The normalized spacial score (nSPS) is 6.65. The van der Waals surface area contributed by atoms with Crippen LogP contribution in [-0.4, -0.2) is 33.2 Å². The van der Waals surface area contributed by atoms with Gasteiger partial charge in [0.05, 0.1) is 6.07 Å². The maximum absolute atomic E-state index is 9.38. The monoisotopic (exact) mass is 250 g/mol. The lowest BCUT2D eigenvalue weighted by Crippen LogP contribution is -1.88. The SMILES string of the molecule is CCC(=O)O.CCC(=O)O.N.N#CCC(=O)O. The summed E-state index contributed by atoms with van der Waals surface area (Å²) < 4.78 is 0. The lowest BCUT2D eigenvalue weighted by atomic mass is 10.5. The zero-order valence-corrected chi connectivity index (χ0v) is 9.84. The van der Waals surface area contributed by atoms with Crippen molar-refractivity contribution >= 4 is 17.9 Å². The Morgan fingerprint density at radius 1 is 0.941 bits per heavy atom. The molecule has 6 N–H and O–H groups in total. The van der Waals surface area contributed by atoms with Gasteiger partial charge < -0.3 is 21.5 Å². The summed E-state index contributed by atoms with van der Waals surface area (Å²) in [7, 11) is 0. The molecular weight excluding hydrogens is 232 g/mol. The van der Waals surface area contributed by atoms with Gasteiger partial charge >= 0.3 is 17.9 Å². The van der Waals surface area contributed by atoms with Crippen LogP contribution in [0.3, 0.4) is 0 Å². The van der Waals surface area contributed by atoms with Crippen molar-refractivity contribution in [2.45, 2.75) is 33.1 Å². The molecule has 0 unspecified atom stereocenters. The van der Waals surface area contributed by atoms with Gasteiger partial charge in [-0.1, -0.05) is 13.8 Å². The molecule has 0 aliphatic rings. The predicted molar refractivity (Wildman–Crippen MR) is 58.7 cm³/mol. The molecule has 0 rings (SSSR count). The molecule has 0 spiro atoms. The molecule has 0 aromatic rings. The molecule has 0 aromatic carbocycles. The number of nitriles is 1. The highest BCUT2D eigenvalue weighted by molar-refractivity contribution is 5.69. The molecule has 0 aromatic heterocycles. The van der Waals surface area contributed by atoms with E-state index in [1.165, 1.54) is 6.07 Å². The summed E-state index contributed by atoms with van der Waals surface area (Å²) in [6.07, 6.45) is 0.0417. The molecule has 17 heavy (non-hydrogen) atoms. The highest BCUT2D eigenvalue weighted by atomic mass is 16.4. The number of nitrogens with zero attached hydrogens (tertiary/aromatic N) is 1. The van der Waals surface area contributed by atoms with E-state index in [1.807, 2.05) is 0 Å². The van der Waals surface area contributed by atoms with Crippen molar-refractivity contribution in [2.24, 2.45) is 0 Å². The maximum Gasteiger partial charge on any atom is 0.317 e. The molecule has 0 bridgehead atoms. The van der Waals surface area contributed by atoms with Crippen LogP contribution in [0.5, 0.6) is 0 Å². The molecule has 0 heterocycles. The minimum Gasteiger partial charge on any atom is -0.481 e. The van der Waals surface area contributed by atoms with E-state index in [4.69, 9.17) is 20.6 Å². The zero-order chi connectivity index (χ0) is 13.6. The van der Waals surface area contributed by atoms with Crippen LogP contribution < -0.4 is 6.15 Å². The Balaban J connectivity index is -0.0000000729. The first-order valence-electron chi connectivity index (χ1n) is 4.34. The highest BCUT2D eigenvalue weighted by Gasteiger charge is 1.87. The first-order valence-corrected chi connectivity index (χ1v) is 4.34. The average molecular weight is 250 g/mol. The Bertz CT molecular complexity index is 245. The third-order valence-electron chi connectivity index (χ3n) is 0.835. The standard InChI is InChI=1S/C3H3NO2.2C3H6O2.H3N/c4-2-1-3(5)6;2*1-2-3(4)5;/h1H2,(H,5,6);2*2H2,1H3,(H,4,5);1H3.